The maximum Gasteiger partial charge on any atom is 0.158 e. The van der Waals surface area contributed by atoms with Gasteiger partial charge in [-0.15, -0.1) is 0 Å². The summed E-state index contributed by atoms with van der Waals surface area (Å²) in [6.45, 7) is 23.9. The lowest BCUT2D eigenvalue weighted by molar-refractivity contribution is -0.115. The van der Waals surface area contributed by atoms with Gasteiger partial charge in [-0.1, -0.05) is 75.8 Å². The van der Waals surface area contributed by atoms with Crippen LogP contribution in [0.15, 0.2) is 59.3 Å². The molecule has 2 rings (SSSR count). The number of aryl methyl sites for hydroxylation is 3. The Balaban J connectivity index is 0.00000295. The molecular weight excluding hydrogens is 530 g/mol. The highest BCUT2D eigenvalue weighted by Gasteiger charge is 2.23. The van der Waals surface area contributed by atoms with Crippen LogP contribution < -0.4 is 4.74 Å². The standard InChI is InChI=1S/C36H47NO3.C3H8/c1-12-15-28(33(38)14-3)21-30(24(4)5)32(23-37(11)18-13-2)31-22-29(36(9,10)39)16-17-34(31)40-35-26(7)19-25(6)20-27(35)8;1-3-2/h16-17,19-23,39H,12,14-15H2,1-11H3;3H2,1-2H3/b28-21+,32-23+;. The molecule has 0 radical (unpaired) electrons. The molecule has 2 aromatic carbocycles. The van der Waals surface area contributed by atoms with Crippen molar-refractivity contribution in [3.63, 3.8) is 0 Å². The average molecular weight is 586 g/mol. The number of nitrogens with zero attached hydrogens (tertiary/aromatic N) is 1. The molecule has 43 heavy (non-hydrogen) atoms. The minimum Gasteiger partial charge on any atom is -0.456 e. The first-order chi connectivity index (χ1) is 20.1. The molecule has 4 nitrogen and oxygen atoms in total. The number of carbonyl (C=O) groups excluding carboxylic acids is 1. The largest absolute Gasteiger partial charge is 0.456 e. The quantitative estimate of drug-likeness (QED) is 0.123. The van der Waals surface area contributed by atoms with E-state index in [4.69, 9.17) is 4.74 Å². The lowest BCUT2D eigenvalue weighted by atomic mass is 9.88. The fraction of sp³-hybridized carbons (Fsp3) is 0.462. The molecule has 1 N–H and O–H groups in total. The van der Waals surface area contributed by atoms with Crippen LogP contribution in [0, 0.1) is 32.7 Å². The van der Waals surface area contributed by atoms with E-state index >= 15 is 0 Å². The zero-order valence-electron chi connectivity index (χ0n) is 29.1. The summed E-state index contributed by atoms with van der Waals surface area (Å²) in [4.78, 5) is 14.8. The second kappa shape index (κ2) is 17.5. The first kappa shape index (κ1) is 37.5. The van der Waals surface area contributed by atoms with Gasteiger partial charge in [-0.25, -0.2) is 0 Å². The number of benzene rings is 2. The second-order valence-corrected chi connectivity index (χ2v) is 11.9. The summed E-state index contributed by atoms with van der Waals surface area (Å²) in [5, 5.41) is 11.0. The SMILES string of the molecule is CC#CN(C)/C=C(\C(/C=C(\CCC)C(=O)CC)=C(C)C)c1cc(C(C)(C)O)ccc1Oc1c(C)cc(C)cc1C.CCC. The Bertz CT molecular complexity index is 1380. The number of allylic oxidation sites excluding steroid dienone is 5. The van der Waals surface area contributed by atoms with Crippen molar-refractivity contribution in [2.75, 3.05) is 7.05 Å². The molecule has 0 fully saturated rings. The van der Waals surface area contributed by atoms with Crippen LogP contribution in [0.4, 0.5) is 0 Å². The molecule has 0 heterocycles. The van der Waals surface area contributed by atoms with Crippen LogP contribution in [0.5, 0.6) is 11.5 Å². The van der Waals surface area contributed by atoms with Crippen LogP contribution in [-0.2, 0) is 10.4 Å². The van der Waals surface area contributed by atoms with Gasteiger partial charge in [0.25, 0.3) is 0 Å². The summed E-state index contributed by atoms with van der Waals surface area (Å²) in [7, 11) is 1.90. The number of rotatable bonds is 11. The van der Waals surface area contributed by atoms with E-state index in [1.807, 2.05) is 49.3 Å². The van der Waals surface area contributed by atoms with Gasteiger partial charge >= 0.3 is 0 Å². The number of ether oxygens (including phenoxy) is 1. The fourth-order valence-corrected chi connectivity index (χ4v) is 4.79. The van der Waals surface area contributed by atoms with Crippen LogP contribution in [0.3, 0.4) is 0 Å². The van der Waals surface area contributed by atoms with Gasteiger partial charge in [-0.05, 0) is 108 Å². The number of ketones is 1. The molecule has 0 aliphatic carbocycles. The van der Waals surface area contributed by atoms with Crippen molar-refractivity contribution in [3.8, 4) is 23.5 Å². The molecule has 0 spiro atoms. The van der Waals surface area contributed by atoms with E-state index in [1.54, 1.807) is 20.8 Å². The van der Waals surface area contributed by atoms with Crippen LogP contribution in [0.25, 0.3) is 5.57 Å². The van der Waals surface area contributed by atoms with Crippen molar-refractivity contribution < 1.29 is 14.6 Å². The molecule has 0 aliphatic heterocycles. The Morgan fingerprint density at radius 2 is 1.60 bits per heavy atom. The summed E-state index contributed by atoms with van der Waals surface area (Å²) >= 11 is 0. The molecule has 0 aliphatic rings. The van der Waals surface area contributed by atoms with Gasteiger partial charge in [-0.3, -0.25) is 4.79 Å². The monoisotopic (exact) mass is 585 g/mol. The molecule has 234 valence electrons. The average Bonchev–Trinajstić information content (AvgIpc) is 2.91. The lowest BCUT2D eigenvalue weighted by Crippen LogP contribution is -2.16. The van der Waals surface area contributed by atoms with Crippen molar-refractivity contribution in [2.24, 2.45) is 0 Å². The molecular formula is C39H55NO3. The van der Waals surface area contributed by atoms with E-state index in [0.717, 1.165) is 56.7 Å². The molecule has 0 bridgehead atoms. The zero-order chi connectivity index (χ0) is 32.9. The van der Waals surface area contributed by atoms with Crippen LogP contribution in [0.1, 0.15) is 116 Å². The molecule has 2 aromatic rings. The molecule has 0 saturated heterocycles. The summed E-state index contributed by atoms with van der Waals surface area (Å²) < 4.78 is 6.68. The molecule has 0 unspecified atom stereocenters. The van der Waals surface area contributed by atoms with Crippen molar-refractivity contribution in [3.05, 3.63) is 87.1 Å². The third-order valence-corrected chi connectivity index (χ3v) is 6.75. The Morgan fingerprint density at radius 3 is 2.07 bits per heavy atom. The Labute approximate surface area is 262 Å². The predicted octanol–water partition coefficient (Wildman–Crippen LogP) is 10.3. The topological polar surface area (TPSA) is 49.8 Å². The van der Waals surface area contributed by atoms with Crippen molar-refractivity contribution in [2.45, 2.75) is 114 Å². The predicted molar refractivity (Wildman–Crippen MR) is 184 cm³/mol. The number of aliphatic hydroxyl groups is 1. The van der Waals surface area contributed by atoms with Crippen molar-refractivity contribution in [1.29, 1.82) is 0 Å². The van der Waals surface area contributed by atoms with Crippen LogP contribution in [0.2, 0.25) is 0 Å². The minimum absolute atomic E-state index is 0.147. The van der Waals surface area contributed by atoms with Crippen molar-refractivity contribution >= 4 is 11.4 Å². The number of carbonyl (C=O) groups is 1. The Hall–Kier alpha value is -3.55. The van der Waals surface area contributed by atoms with Gasteiger partial charge in [0, 0.05) is 36.8 Å². The summed E-state index contributed by atoms with van der Waals surface area (Å²) in [5.41, 5.74) is 7.47. The fourth-order valence-electron chi connectivity index (χ4n) is 4.79. The number of Topliss-reactive ketones (excluding diaryl/α,β-unsaturated/α-hetero) is 1. The zero-order valence-corrected chi connectivity index (χ0v) is 29.1. The van der Waals surface area contributed by atoms with E-state index in [0.29, 0.717) is 18.6 Å². The summed E-state index contributed by atoms with van der Waals surface area (Å²) in [6.07, 6.45) is 7.31. The molecule has 0 atom stereocenters. The van der Waals surface area contributed by atoms with E-state index in [9.17, 15) is 9.90 Å². The van der Waals surface area contributed by atoms with E-state index in [-0.39, 0.29) is 5.78 Å². The molecule has 0 amide bonds. The third-order valence-electron chi connectivity index (χ3n) is 6.75. The van der Waals surface area contributed by atoms with Gasteiger partial charge in [0.2, 0.25) is 0 Å². The van der Waals surface area contributed by atoms with E-state index < -0.39 is 5.60 Å². The smallest absolute Gasteiger partial charge is 0.158 e. The normalized spacial score (nSPS) is 11.6. The maximum absolute atomic E-state index is 12.9. The van der Waals surface area contributed by atoms with Gasteiger partial charge in [0.1, 0.15) is 11.5 Å². The van der Waals surface area contributed by atoms with Crippen molar-refractivity contribution in [1.82, 2.24) is 4.90 Å². The summed E-state index contributed by atoms with van der Waals surface area (Å²) in [6, 6.07) is 13.2. The van der Waals surface area contributed by atoms with E-state index in [1.165, 1.54) is 12.0 Å². The third kappa shape index (κ3) is 11.2. The highest BCUT2D eigenvalue weighted by Crippen LogP contribution is 2.40. The van der Waals surface area contributed by atoms with E-state index in [2.05, 4.69) is 79.5 Å². The highest BCUT2D eigenvalue weighted by molar-refractivity contribution is 5.97. The highest BCUT2D eigenvalue weighted by atomic mass is 16.5. The van der Waals surface area contributed by atoms with Crippen LogP contribution in [-0.4, -0.2) is 22.8 Å². The minimum atomic E-state index is -1.06. The van der Waals surface area contributed by atoms with Gasteiger partial charge in [0.15, 0.2) is 5.78 Å². The maximum atomic E-state index is 12.9. The van der Waals surface area contributed by atoms with Gasteiger partial charge in [0.05, 0.1) is 5.60 Å². The first-order valence-corrected chi connectivity index (χ1v) is 15.6. The Morgan fingerprint density at radius 1 is 1.02 bits per heavy atom. The molecule has 0 aromatic heterocycles. The second-order valence-electron chi connectivity index (χ2n) is 11.9. The van der Waals surface area contributed by atoms with Gasteiger partial charge < -0.3 is 14.7 Å². The van der Waals surface area contributed by atoms with Crippen LogP contribution >= 0.6 is 0 Å². The first-order valence-electron chi connectivity index (χ1n) is 15.6. The number of hydrogen-bond donors (Lipinski definition) is 1. The Kier molecular flexibility index (Phi) is 15.3. The summed E-state index contributed by atoms with van der Waals surface area (Å²) in [5.74, 6) is 4.59. The molecule has 0 saturated carbocycles. The lowest BCUT2D eigenvalue weighted by Gasteiger charge is -2.24. The number of hydrogen-bond acceptors (Lipinski definition) is 4. The van der Waals surface area contributed by atoms with Gasteiger partial charge in [-0.2, -0.15) is 0 Å². The molecule has 4 heteroatoms.